The molecule has 4 aromatic carbocycles. The number of nitrogens with zero attached hydrogens (tertiary/aromatic N) is 3. The van der Waals surface area contributed by atoms with Gasteiger partial charge in [0.15, 0.2) is 0 Å². The van der Waals surface area contributed by atoms with Gasteiger partial charge in [-0.05, 0) is 35.4 Å². The van der Waals surface area contributed by atoms with Crippen LogP contribution in [0.15, 0.2) is 131 Å². The summed E-state index contributed by atoms with van der Waals surface area (Å²) in [5.41, 5.74) is 7.93. The van der Waals surface area contributed by atoms with E-state index in [4.69, 9.17) is 0 Å². The Morgan fingerprint density at radius 2 is 1.10 bits per heavy atom. The van der Waals surface area contributed by atoms with Gasteiger partial charge in [0.05, 0.1) is 11.4 Å². The minimum Gasteiger partial charge on any atom is -0.276 e. The summed E-state index contributed by atoms with van der Waals surface area (Å²) in [4.78, 5) is 0. The number of hydrogen-bond donors (Lipinski definition) is 1. The van der Waals surface area contributed by atoms with Crippen LogP contribution in [0.5, 0.6) is 0 Å². The number of nitrogens with one attached hydrogen (secondary N) is 1. The van der Waals surface area contributed by atoms with Gasteiger partial charge < -0.3 is 0 Å². The number of para-hydroxylation sites is 1. The fraction of sp³-hybridized carbons (Fsp3) is 0. The number of azo groups is 1. The maximum Gasteiger partial charge on any atom is 0.201 e. The van der Waals surface area contributed by atoms with E-state index >= 15 is 0 Å². The summed E-state index contributed by atoms with van der Waals surface area (Å²) < 4.78 is 0. The number of rotatable bonds is 5. The molecule has 29 heavy (non-hydrogen) atoms. The molecule has 140 valence electrons. The zero-order valence-corrected chi connectivity index (χ0v) is 15.8. The van der Waals surface area contributed by atoms with E-state index in [1.54, 1.807) is 0 Å². The van der Waals surface area contributed by atoms with Crippen LogP contribution in [0.1, 0.15) is 5.56 Å². The van der Waals surface area contributed by atoms with Crippen molar-refractivity contribution in [3.8, 4) is 11.1 Å². The first-order valence-electron chi connectivity index (χ1n) is 9.40. The highest BCUT2D eigenvalue weighted by molar-refractivity contribution is 6.00. The van der Waals surface area contributed by atoms with Crippen LogP contribution < -0.4 is 5.43 Å². The Kier molecular flexibility index (Phi) is 5.84. The Morgan fingerprint density at radius 1 is 0.552 bits per heavy atom. The Labute approximate surface area is 170 Å². The van der Waals surface area contributed by atoms with Crippen molar-refractivity contribution in [3.63, 3.8) is 0 Å². The van der Waals surface area contributed by atoms with Crippen molar-refractivity contribution in [1.29, 1.82) is 0 Å². The Bertz CT molecular complexity index is 1090. The lowest BCUT2D eigenvalue weighted by molar-refractivity contribution is 1.22. The van der Waals surface area contributed by atoms with E-state index < -0.39 is 0 Å². The first-order chi connectivity index (χ1) is 14.4. The lowest BCUT2D eigenvalue weighted by Gasteiger charge is -2.05. The van der Waals surface area contributed by atoms with Crippen molar-refractivity contribution in [2.45, 2.75) is 0 Å². The molecule has 4 aromatic rings. The van der Waals surface area contributed by atoms with Crippen molar-refractivity contribution in [2.24, 2.45) is 15.3 Å². The van der Waals surface area contributed by atoms with E-state index in [2.05, 4.69) is 45.0 Å². The van der Waals surface area contributed by atoms with E-state index in [1.165, 1.54) is 5.56 Å². The molecule has 0 radical (unpaired) electrons. The monoisotopic (exact) mass is 376 g/mol. The van der Waals surface area contributed by atoms with Gasteiger partial charge >= 0.3 is 0 Å². The van der Waals surface area contributed by atoms with Gasteiger partial charge in [0.2, 0.25) is 5.84 Å². The smallest absolute Gasteiger partial charge is 0.201 e. The molecule has 0 bridgehead atoms. The zero-order chi connectivity index (χ0) is 19.7. The summed E-state index contributed by atoms with van der Waals surface area (Å²) in [6, 6.07) is 37.9. The van der Waals surface area contributed by atoms with Gasteiger partial charge in [-0.15, -0.1) is 10.2 Å². The predicted molar refractivity (Wildman–Crippen MR) is 119 cm³/mol. The summed E-state index contributed by atoms with van der Waals surface area (Å²) in [7, 11) is 0. The van der Waals surface area contributed by atoms with Crippen LogP contribution in [0.3, 0.4) is 0 Å². The minimum absolute atomic E-state index is 0.511. The van der Waals surface area contributed by atoms with Crippen molar-refractivity contribution in [2.75, 3.05) is 5.43 Å². The van der Waals surface area contributed by atoms with Crippen molar-refractivity contribution >= 4 is 17.2 Å². The quantitative estimate of drug-likeness (QED) is 0.175. The predicted octanol–water partition coefficient (Wildman–Crippen LogP) is 6.91. The van der Waals surface area contributed by atoms with Crippen LogP contribution in [0.2, 0.25) is 0 Å². The Balaban J connectivity index is 1.63. The van der Waals surface area contributed by atoms with Crippen LogP contribution in [-0.2, 0) is 0 Å². The standard InChI is InChI=1S/C25H20N4/c1-4-10-20(11-5-1)21-16-18-22(19-17-21)25(28-26-23-12-6-2-7-13-23)29-27-24-14-8-3-9-15-24/h1-19,26H/b28-25+,29-27?. The molecule has 1 N–H and O–H groups in total. The molecule has 0 aliphatic rings. The largest absolute Gasteiger partial charge is 0.276 e. The molecule has 0 unspecified atom stereocenters. The second-order valence-electron chi connectivity index (χ2n) is 6.39. The lowest BCUT2D eigenvalue weighted by Crippen LogP contribution is -2.01. The van der Waals surface area contributed by atoms with Gasteiger partial charge in [-0.25, -0.2) is 0 Å². The van der Waals surface area contributed by atoms with E-state index in [0.29, 0.717) is 5.84 Å². The molecule has 0 amide bonds. The van der Waals surface area contributed by atoms with Crippen molar-refractivity contribution < 1.29 is 0 Å². The highest BCUT2D eigenvalue weighted by Crippen LogP contribution is 2.20. The fourth-order valence-corrected chi connectivity index (χ4v) is 2.82. The molecule has 0 fully saturated rings. The summed E-state index contributed by atoms with van der Waals surface area (Å²) in [5, 5.41) is 13.2. The number of hydrazone groups is 1. The average Bonchev–Trinajstić information content (AvgIpc) is 2.81. The number of anilines is 1. The lowest BCUT2D eigenvalue weighted by atomic mass is 10.0. The molecule has 0 saturated carbocycles. The number of amidine groups is 1. The molecular weight excluding hydrogens is 356 g/mol. The van der Waals surface area contributed by atoms with Crippen LogP contribution in [-0.4, -0.2) is 5.84 Å². The summed E-state index contributed by atoms with van der Waals surface area (Å²) in [6.45, 7) is 0. The van der Waals surface area contributed by atoms with Crippen LogP contribution in [0, 0.1) is 0 Å². The third kappa shape index (κ3) is 5.02. The highest BCUT2D eigenvalue weighted by Gasteiger charge is 2.05. The summed E-state index contributed by atoms with van der Waals surface area (Å²) >= 11 is 0. The molecular formula is C25H20N4. The fourth-order valence-electron chi connectivity index (χ4n) is 2.82. The molecule has 4 nitrogen and oxygen atoms in total. The SMILES string of the molecule is c1ccc(N=N/C(=N/Nc2ccccc2)c2ccc(-c3ccccc3)cc2)cc1. The van der Waals surface area contributed by atoms with Crippen LogP contribution in [0.25, 0.3) is 11.1 Å². The van der Waals surface area contributed by atoms with Gasteiger partial charge in [0.1, 0.15) is 0 Å². The molecule has 0 aliphatic heterocycles. The van der Waals surface area contributed by atoms with E-state index in [0.717, 1.165) is 22.5 Å². The van der Waals surface area contributed by atoms with Gasteiger partial charge in [-0.3, -0.25) is 5.43 Å². The minimum atomic E-state index is 0.511. The van der Waals surface area contributed by atoms with Crippen molar-refractivity contribution in [1.82, 2.24) is 0 Å². The third-order valence-corrected chi connectivity index (χ3v) is 4.33. The Hall–Kier alpha value is -4.05. The summed E-state index contributed by atoms with van der Waals surface area (Å²) in [6.07, 6.45) is 0. The van der Waals surface area contributed by atoms with Gasteiger partial charge in [-0.1, -0.05) is 91.0 Å². The summed E-state index contributed by atoms with van der Waals surface area (Å²) in [5.74, 6) is 0.511. The van der Waals surface area contributed by atoms with Crippen molar-refractivity contribution in [3.05, 3.63) is 121 Å². The number of benzene rings is 4. The first kappa shape index (κ1) is 18.3. The van der Waals surface area contributed by atoms with Gasteiger partial charge in [0, 0.05) is 5.56 Å². The first-order valence-corrected chi connectivity index (χ1v) is 9.40. The zero-order valence-electron chi connectivity index (χ0n) is 15.8. The van der Waals surface area contributed by atoms with E-state index in [1.807, 2.05) is 91.0 Å². The van der Waals surface area contributed by atoms with Gasteiger partial charge in [0.25, 0.3) is 0 Å². The maximum absolute atomic E-state index is 4.49. The molecule has 0 spiro atoms. The topological polar surface area (TPSA) is 49.1 Å². The molecule has 4 rings (SSSR count). The van der Waals surface area contributed by atoms with E-state index in [-0.39, 0.29) is 0 Å². The average molecular weight is 376 g/mol. The Morgan fingerprint density at radius 3 is 1.76 bits per heavy atom. The molecule has 0 saturated heterocycles. The molecule has 0 aliphatic carbocycles. The van der Waals surface area contributed by atoms with Gasteiger partial charge in [-0.2, -0.15) is 5.10 Å². The van der Waals surface area contributed by atoms with E-state index in [9.17, 15) is 0 Å². The maximum atomic E-state index is 4.49. The third-order valence-electron chi connectivity index (χ3n) is 4.33. The highest BCUT2D eigenvalue weighted by atomic mass is 15.3. The van der Waals surface area contributed by atoms with Crippen LogP contribution >= 0.6 is 0 Å². The molecule has 0 aromatic heterocycles. The second kappa shape index (κ2) is 9.24. The number of hydrogen-bond acceptors (Lipinski definition) is 3. The molecule has 4 heteroatoms. The normalized spacial score (nSPS) is 11.5. The second-order valence-corrected chi connectivity index (χ2v) is 6.39. The van der Waals surface area contributed by atoms with Crippen LogP contribution in [0.4, 0.5) is 11.4 Å². The molecule has 0 heterocycles. The molecule has 0 atom stereocenters.